The zero-order valence-corrected chi connectivity index (χ0v) is 16.0. The van der Waals surface area contributed by atoms with E-state index in [-0.39, 0.29) is 30.4 Å². The normalized spacial score (nSPS) is 56.9. The number of esters is 2. The molecule has 0 aromatic rings. The van der Waals surface area contributed by atoms with Crippen molar-refractivity contribution in [1.29, 1.82) is 0 Å². The molecule has 4 unspecified atom stereocenters. The summed E-state index contributed by atoms with van der Waals surface area (Å²) >= 11 is 0. The SMILES string of the molecule is CC(=O)OC[C@]12CC[C@@]3(C)OC3C1OC1[C@H](O)[C@@H](OC(C)=O)[C@@]2(C)C12CO2. The molecule has 5 fully saturated rings. The van der Waals surface area contributed by atoms with Crippen LogP contribution in [0, 0.1) is 10.8 Å². The fraction of sp³-hybridized carbons (Fsp3) is 0.895. The molecule has 5 rings (SSSR count). The van der Waals surface area contributed by atoms with Gasteiger partial charge in [-0.3, -0.25) is 9.59 Å². The molecular formula is C19H26O8. The molecule has 3 saturated heterocycles. The fourth-order valence-corrected chi connectivity index (χ4v) is 6.31. The highest BCUT2D eigenvalue weighted by Gasteiger charge is 2.88. The number of fused-ring (bicyclic) bond motifs is 4. The number of hydrogen-bond donors (Lipinski definition) is 1. The van der Waals surface area contributed by atoms with Crippen LogP contribution in [0.4, 0.5) is 0 Å². The van der Waals surface area contributed by atoms with Gasteiger partial charge in [0, 0.05) is 19.3 Å². The molecule has 9 atom stereocenters. The lowest BCUT2D eigenvalue weighted by molar-refractivity contribution is -0.252. The summed E-state index contributed by atoms with van der Waals surface area (Å²) in [6, 6.07) is 0. The molecule has 1 N–H and O–H groups in total. The Labute approximate surface area is 157 Å². The van der Waals surface area contributed by atoms with Gasteiger partial charge in [0.2, 0.25) is 0 Å². The number of hydrogen-bond acceptors (Lipinski definition) is 8. The van der Waals surface area contributed by atoms with Gasteiger partial charge in [-0.2, -0.15) is 0 Å². The van der Waals surface area contributed by atoms with E-state index in [1.807, 2.05) is 6.92 Å². The van der Waals surface area contributed by atoms with E-state index in [1.54, 1.807) is 0 Å². The molecule has 2 bridgehead atoms. The van der Waals surface area contributed by atoms with Crippen molar-refractivity contribution in [2.24, 2.45) is 10.8 Å². The van der Waals surface area contributed by atoms with Crippen LogP contribution >= 0.6 is 0 Å². The van der Waals surface area contributed by atoms with E-state index in [1.165, 1.54) is 13.8 Å². The van der Waals surface area contributed by atoms with Crippen LogP contribution in [0.2, 0.25) is 0 Å². The minimum Gasteiger partial charge on any atom is -0.465 e. The van der Waals surface area contributed by atoms with Crippen molar-refractivity contribution in [3.8, 4) is 0 Å². The summed E-state index contributed by atoms with van der Waals surface area (Å²) in [5, 5.41) is 11.0. The maximum atomic E-state index is 11.8. The van der Waals surface area contributed by atoms with E-state index < -0.39 is 40.7 Å². The Kier molecular flexibility index (Phi) is 3.33. The molecular weight excluding hydrogens is 356 g/mol. The van der Waals surface area contributed by atoms with E-state index in [9.17, 15) is 14.7 Å². The number of aliphatic hydroxyl groups excluding tert-OH is 1. The van der Waals surface area contributed by atoms with Gasteiger partial charge in [0.25, 0.3) is 0 Å². The summed E-state index contributed by atoms with van der Waals surface area (Å²) in [5.74, 6) is -0.849. The first kappa shape index (κ1) is 17.8. The Morgan fingerprint density at radius 3 is 2.41 bits per heavy atom. The van der Waals surface area contributed by atoms with Gasteiger partial charge in [-0.1, -0.05) is 6.92 Å². The summed E-state index contributed by atoms with van der Waals surface area (Å²) in [4.78, 5) is 23.5. The Bertz CT molecular complexity index is 718. The first-order chi connectivity index (χ1) is 12.6. The van der Waals surface area contributed by atoms with Crippen molar-refractivity contribution in [2.45, 2.75) is 82.3 Å². The van der Waals surface area contributed by atoms with Crippen molar-refractivity contribution >= 4 is 11.9 Å². The van der Waals surface area contributed by atoms with Crippen LogP contribution in [0.15, 0.2) is 0 Å². The third kappa shape index (κ3) is 1.92. The molecule has 27 heavy (non-hydrogen) atoms. The van der Waals surface area contributed by atoms with Crippen molar-refractivity contribution in [1.82, 2.24) is 0 Å². The number of ether oxygens (including phenoxy) is 5. The van der Waals surface area contributed by atoms with Gasteiger partial charge < -0.3 is 28.8 Å². The molecule has 0 aromatic heterocycles. The molecule has 5 aliphatic rings. The molecule has 8 heteroatoms. The highest BCUT2D eigenvalue weighted by molar-refractivity contribution is 5.67. The summed E-state index contributed by atoms with van der Waals surface area (Å²) in [6.07, 6.45) is -1.47. The fourth-order valence-electron chi connectivity index (χ4n) is 6.31. The van der Waals surface area contributed by atoms with Crippen LogP contribution in [-0.2, 0) is 33.3 Å². The number of carbonyl (C=O) groups excluding carboxylic acids is 2. The summed E-state index contributed by atoms with van der Waals surface area (Å²) in [6.45, 7) is 7.28. The average molecular weight is 382 g/mol. The first-order valence-electron chi connectivity index (χ1n) is 9.57. The lowest BCUT2D eigenvalue weighted by Crippen LogP contribution is -2.69. The van der Waals surface area contributed by atoms with Crippen LogP contribution in [-0.4, -0.2) is 72.0 Å². The van der Waals surface area contributed by atoms with Crippen LogP contribution in [0.25, 0.3) is 0 Å². The minimum atomic E-state index is -1.01. The van der Waals surface area contributed by atoms with Gasteiger partial charge in [0.05, 0.1) is 23.7 Å². The monoisotopic (exact) mass is 382 g/mol. The first-order valence-corrected chi connectivity index (χ1v) is 9.57. The molecule has 0 radical (unpaired) electrons. The minimum absolute atomic E-state index is 0.113. The smallest absolute Gasteiger partial charge is 0.303 e. The van der Waals surface area contributed by atoms with Crippen LogP contribution in [0.3, 0.4) is 0 Å². The zero-order chi connectivity index (χ0) is 19.4. The molecule has 0 amide bonds. The molecule has 3 aliphatic heterocycles. The Hall–Kier alpha value is -1.22. The molecule has 0 aromatic carbocycles. The molecule has 2 aliphatic carbocycles. The Morgan fingerprint density at radius 1 is 1.11 bits per heavy atom. The lowest BCUT2D eigenvalue weighted by Gasteiger charge is -2.58. The van der Waals surface area contributed by atoms with Crippen LogP contribution in [0.5, 0.6) is 0 Å². The van der Waals surface area contributed by atoms with E-state index >= 15 is 0 Å². The predicted molar refractivity (Wildman–Crippen MR) is 88.6 cm³/mol. The predicted octanol–water partition coefficient (Wildman–Crippen LogP) is 0.336. The lowest BCUT2D eigenvalue weighted by atomic mass is 9.50. The van der Waals surface area contributed by atoms with Gasteiger partial charge in [-0.05, 0) is 19.8 Å². The Morgan fingerprint density at radius 2 is 1.81 bits per heavy atom. The second kappa shape index (κ2) is 5.03. The molecule has 1 spiro atoms. The standard InChI is InChI=1S/C19H26O8/c1-9(20)23-7-18-6-5-16(3)14(27-16)15(18)26-13-11(22)12(25-10(2)21)17(18,4)19(13)8-24-19/h11-15,22H,5-8H2,1-4H3/t11-,12-,13?,14?,15?,16-,17-,18-,19?/m1/s1. The van der Waals surface area contributed by atoms with Crippen molar-refractivity contribution < 1.29 is 38.4 Å². The van der Waals surface area contributed by atoms with E-state index in [0.717, 1.165) is 6.42 Å². The van der Waals surface area contributed by atoms with Crippen LogP contribution < -0.4 is 0 Å². The number of rotatable bonds is 3. The van der Waals surface area contributed by atoms with Crippen molar-refractivity contribution in [3.63, 3.8) is 0 Å². The van der Waals surface area contributed by atoms with Gasteiger partial charge in [-0.15, -0.1) is 0 Å². The van der Waals surface area contributed by atoms with Gasteiger partial charge in [0.1, 0.15) is 36.6 Å². The maximum absolute atomic E-state index is 11.8. The number of aliphatic hydroxyl groups is 1. The topological polar surface area (TPSA) is 107 Å². The quantitative estimate of drug-likeness (QED) is 0.550. The van der Waals surface area contributed by atoms with E-state index in [4.69, 9.17) is 23.7 Å². The summed E-state index contributed by atoms with van der Waals surface area (Å²) < 4.78 is 29.5. The molecule has 3 heterocycles. The summed E-state index contributed by atoms with van der Waals surface area (Å²) in [7, 11) is 0. The summed E-state index contributed by atoms with van der Waals surface area (Å²) in [5.41, 5.74) is -2.44. The van der Waals surface area contributed by atoms with Gasteiger partial charge in [0.15, 0.2) is 0 Å². The highest BCUT2D eigenvalue weighted by Crippen LogP contribution is 2.74. The van der Waals surface area contributed by atoms with Gasteiger partial charge in [-0.25, -0.2) is 0 Å². The Balaban J connectivity index is 1.64. The van der Waals surface area contributed by atoms with Gasteiger partial charge >= 0.3 is 11.9 Å². The third-order valence-electron chi connectivity index (χ3n) is 7.96. The zero-order valence-electron chi connectivity index (χ0n) is 16.0. The number of carbonyl (C=O) groups is 2. The third-order valence-corrected chi connectivity index (χ3v) is 7.96. The van der Waals surface area contributed by atoms with Crippen LogP contribution in [0.1, 0.15) is 40.5 Å². The average Bonchev–Trinajstić information content (AvgIpc) is 3.48. The second-order valence-corrected chi connectivity index (χ2v) is 9.17. The molecule has 2 saturated carbocycles. The molecule has 8 nitrogen and oxygen atoms in total. The number of epoxide rings is 2. The largest absolute Gasteiger partial charge is 0.465 e. The van der Waals surface area contributed by atoms with Crippen molar-refractivity contribution in [2.75, 3.05) is 13.2 Å². The maximum Gasteiger partial charge on any atom is 0.303 e. The van der Waals surface area contributed by atoms with E-state index in [0.29, 0.717) is 13.0 Å². The second-order valence-electron chi connectivity index (χ2n) is 9.17. The van der Waals surface area contributed by atoms with Crippen molar-refractivity contribution in [3.05, 3.63) is 0 Å². The molecule has 150 valence electrons. The van der Waals surface area contributed by atoms with E-state index in [2.05, 4.69) is 6.92 Å². The highest BCUT2D eigenvalue weighted by atomic mass is 16.7.